The van der Waals surface area contributed by atoms with Crippen molar-refractivity contribution >= 4 is 0 Å². The van der Waals surface area contributed by atoms with Crippen molar-refractivity contribution in [3.63, 3.8) is 0 Å². The number of rotatable bonds is 3. The summed E-state index contributed by atoms with van der Waals surface area (Å²) in [6.45, 7) is 4.83. The Hall–Kier alpha value is -2.10. The highest BCUT2D eigenvalue weighted by Gasteiger charge is 2.17. The molecule has 1 N–H and O–H groups in total. The minimum absolute atomic E-state index is 0.192. The molecule has 0 radical (unpaired) electrons. The van der Waals surface area contributed by atoms with E-state index in [0.29, 0.717) is 6.54 Å². The molecule has 2 aromatic rings. The first-order chi connectivity index (χ1) is 10.6. The summed E-state index contributed by atoms with van der Waals surface area (Å²) in [7, 11) is 0. The van der Waals surface area contributed by atoms with E-state index in [1.807, 2.05) is 0 Å². The zero-order valence-corrected chi connectivity index (χ0v) is 13.2. The number of aromatic nitrogens is 2. The van der Waals surface area contributed by atoms with Crippen LogP contribution in [0.5, 0.6) is 0 Å². The molecule has 22 heavy (non-hydrogen) atoms. The smallest absolute Gasteiger partial charge is 0.297 e. The van der Waals surface area contributed by atoms with Crippen molar-refractivity contribution < 1.29 is 0 Å². The molecular formula is C18H22N2O2. The lowest BCUT2D eigenvalue weighted by Gasteiger charge is -2.19. The molecule has 3 rings (SSSR count). The fraction of sp³-hybridized carbons (Fsp3) is 0.444. The molecule has 1 aliphatic carbocycles. The van der Waals surface area contributed by atoms with Gasteiger partial charge in [0.2, 0.25) is 0 Å². The van der Waals surface area contributed by atoms with E-state index in [9.17, 15) is 9.59 Å². The van der Waals surface area contributed by atoms with E-state index in [4.69, 9.17) is 0 Å². The van der Waals surface area contributed by atoms with Gasteiger partial charge in [-0.25, -0.2) is 4.79 Å². The van der Waals surface area contributed by atoms with Crippen LogP contribution in [0, 0.1) is 13.8 Å². The highest BCUT2D eigenvalue weighted by Crippen LogP contribution is 2.17. The predicted octanol–water partition coefficient (Wildman–Crippen LogP) is 2.27. The monoisotopic (exact) mass is 298 g/mol. The fourth-order valence-corrected chi connectivity index (χ4v) is 3.23. The van der Waals surface area contributed by atoms with Crippen molar-refractivity contribution in [2.45, 2.75) is 52.5 Å². The summed E-state index contributed by atoms with van der Waals surface area (Å²) >= 11 is 0. The van der Waals surface area contributed by atoms with E-state index in [1.165, 1.54) is 16.7 Å². The van der Waals surface area contributed by atoms with E-state index in [1.54, 1.807) is 4.57 Å². The first-order valence-electron chi connectivity index (χ1n) is 7.97. The zero-order chi connectivity index (χ0) is 15.7. The predicted molar refractivity (Wildman–Crippen MR) is 87.6 cm³/mol. The first kappa shape index (κ1) is 14.8. The molecule has 0 aliphatic heterocycles. The Morgan fingerprint density at radius 1 is 1.09 bits per heavy atom. The highest BCUT2D eigenvalue weighted by atomic mass is 16.2. The van der Waals surface area contributed by atoms with Gasteiger partial charge in [-0.05, 0) is 62.6 Å². The Morgan fingerprint density at radius 2 is 1.86 bits per heavy atom. The molecule has 0 bridgehead atoms. The van der Waals surface area contributed by atoms with Gasteiger partial charge in [0, 0.05) is 17.8 Å². The van der Waals surface area contributed by atoms with Gasteiger partial charge in [-0.15, -0.1) is 0 Å². The van der Waals surface area contributed by atoms with Crippen molar-refractivity contribution in [1.29, 1.82) is 0 Å². The lowest BCUT2D eigenvalue weighted by molar-refractivity contribution is 0.552. The van der Waals surface area contributed by atoms with Crippen LogP contribution in [-0.4, -0.2) is 9.55 Å². The van der Waals surface area contributed by atoms with E-state index < -0.39 is 0 Å². The molecule has 0 amide bonds. The summed E-state index contributed by atoms with van der Waals surface area (Å²) in [4.78, 5) is 26.6. The van der Waals surface area contributed by atoms with E-state index in [2.05, 4.69) is 37.0 Å². The van der Waals surface area contributed by atoms with Crippen LogP contribution in [0.25, 0.3) is 0 Å². The number of nitrogens with zero attached hydrogens (tertiary/aromatic N) is 1. The van der Waals surface area contributed by atoms with E-state index in [0.717, 1.165) is 43.4 Å². The lowest BCUT2D eigenvalue weighted by atomic mass is 9.96. The molecule has 1 aliphatic rings. The molecule has 0 saturated heterocycles. The number of aromatic amines is 1. The van der Waals surface area contributed by atoms with Crippen LogP contribution in [0.2, 0.25) is 0 Å². The number of benzene rings is 1. The topological polar surface area (TPSA) is 54.9 Å². The van der Waals surface area contributed by atoms with Crippen LogP contribution >= 0.6 is 0 Å². The third kappa shape index (κ3) is 2.78. The van der Waals surface area contributed by atoms with Crippen LogP contribution in [0.1, 0.15) is 40.8 Å². The van der Waals surface area contributed by atoms with Crippen LogP contribution in [0.4, 0.5) is 0 Å². The van der Waals surface area contributed by atoms with Crippen molar-refractivity contribution in [2.75, 3.05) is 0 Å². The third-order valence-corrected chi connectivity index (χ3v) is 4.70. The van der Waals surface area contributed by atoms with Gasteiger partial charge < -0.3 is 0 Å². The van der Waals surface area contributed by atoms with Gasteiger partial charge in [0.15, 0.2) is 0 Å². The van der Waals surface area contributed by atoms with E-state index in [-0.39, 0.29) is 11.2 Å². The Morgan fingerprint density at radius 3 is 2.64 bits per heavy atom. The number of H-pyrrole nitrogens is 1. The lowest BCUT2D eigenvalue weighted by Crippen LogP contribution is -2.37. The largest absolute Gasteiger partial charge is 0.328 e. The number of fused-ring (bicyclic) bond motifs is 1. The molecule has 116 valence electrons. The minimum atomic E-state index is -0.269. The minimum Gasteiger partial charge on any atom is -0.297 e. The molecule has 0 spiro atoms. The summed E-state index contributed by atoms with van der Waals surface area (Å²) in [5.74, 6) is 0. The van der Waals surface area contributed by atoms with Gasteiger partial charge in [-0.1, -0.05) is 18.2 Å². The average Bonchev–Trinajstić information content (AvgIpc) is 2.50. The SMILES string of the molecule is Cc1ccc(CCn2c3c(c(=O)[nH]c2=O)CCCC3)cc1C. The second kappa shape index (κ2) is 5.95. The molecule has 1 aromatic carbocycles. The quantitative estimate of drug-likeness (QED) is 0.945. The summed E-state index contributed by atoms with van der Waals surface area (Å²) in [6, 6.07) is 6.42. The van der Waals surface area contributed by atoms with Gasteiger partial charge in [-0.2, -0.15) is 0 Å². The van der Waals surface area contributed by atoms with Crippen molar-refractivity contribution in [3.05, 3.63) is 67.0 Å². The second-order valence-electron chi connectivity index (χ2n) is 6.21. The fourth-order valence-electron chi connectivity index (χ4n) is 3.23. The molecule has 1 heterocycles. The Balaban J connectivity index is 1.90. The molecule has 0 atom stereocenters. The number of nitrogens with one attached hydrogen (secondary N) is 1. The van der Waals surface area contributed by atoms with Gasteiger partial charge in [0.25, 0.3) is 5.56 Å². The van der Waals surface area contributed by atoms with Crippen LogP contribution in [-0.2, 0) is 25.8 Å². The maximum atomic E-state index is 12.2. The number of hydrogen-bond donors (Lipinski definition) is 1. The molecular weight excluding hydrogens is 276 g/mol. The van der Waals surface area contributed by atoms with Gasteiger partial charge in [0.05, 0.1) is 0 Å². The Kier molecular flexibility index (Phi) is 4.01. The molecule has 1 aromatic heterocycles. The van der Waals surface area contributed by atoms with Crippen molar-refractivity contribution in [1.82, 2.24) is 9.55 Å². The first-order valence-corrected chi connectivity index (χ1v) is 7.97. The van der Waals surface area contributed by atoms with E-state index >= 15 is 0 Å². The molecule has 4 heteroatoms. The summed E-state index contributed by atoms with van der Waals surface area (Å²) in [5.41, 5.74) is 5.08. The summed E-state index contributed by atoms with van der Waals surface area (Å²) in [6.07, 6.45) is 4.51. The standard InChI is InChI=1S/C18H22N2O2/c1-12-7-8-14(11-13(12)2)9-10-20-16-6-4-3-5-15(16)17(21)19-18(20)22/h7-8,11H,3-6,9-10H2,1-2H3,(H,19,21,22). The van der Waals surface area contributed by atoms with Gasteiger partial charge in [-0.3, -0.25) is 14.3 Å². The van der Waals surface area contributed by atoms with Crippen LogP contribution in [0.3, 0.4) is 0 Å². The second-order valence-corrected chi connectivity index (χ2v) is 6.21. The number of aryl methyl sites for hydroxylation is 3. The molecule has 0 fully saturated rings. The highest BCUT2D eigenvalue weighted by molar-refractivity contribution is 5.30. The maximum absolute atomic E-state index is 12.2. The average molecular weight is 298 g/mol. The Bertz CT molecular complexity index is 815. The Labute approximate surface area is 129 Å². The number of hydrogen-bond acceptors (Lipinski definition) is 2. The molecule has 4 nitrogen and oxygen atoms in total. The maximum Gasteiger partial charge on any atom is 0.328 e. The van der Waals surface area contributed by atoms with Crippen LogP contribution in [0.15, 0.2) is 27.8 Å². The zero-order valence-electron chi connectivity index (χ0n) is 13.2. The van der Waals surface area contributed by atoms with Gasteiger partial charge >= 0.3 is 5.69 Å². The molecule has 0 saturated carbocycles. The third-order valence-electron chi connectivity index (χ3n) is 4.70. The van der Waals surface area contributed by atoms with Crippen LogP contribution < -0.4 is 11.2 Å². The molecule has 0 unspecified atom stereocenters. The normalized spacial score (nSPS) is 13.9. The summed E-state index contributed by atoms with van der Waals surface area (Å²) in [5, 5.41) is 0. The van der Waals surface area contributed by atoms with Crippen molar-refractivity contribution in [2.24, 2.45) is 0 Å². The summed E-state index contributed by atoms with van der Waals surface area (Å²) < 4.78 is 1.77. The van der Waals surface area contributed by atoms with Gasteiger partial charge in [0.1, 0.15) is 0 Å². The van der Waals surface area contributed by atoms with Crippen molar-refractivity contribution in [3.8, 4) is 0 Å².